The minimum absolute atomic E-state index is 0.00896. The Hall–Kier alpha value is -2.43. The number of rotatable bonds is 11. The van der Waals surface area contributed by atoms with Gasteiger partial charge in [-0.2, -0.15) is 4.31 Å². The van der Waals surface area contributed by atoms with Crippen LogP contribution in [0.5, 0.6) is 5.75 Å². The Morgan fingerprint density at radius 2 is 1.84 bits per heavy atom. The summed E-state index contributed by atoms with van der Waals surface area (Å²) in [7, 11) is -5.91. The van der Waals surface area contributed by atoms with Crippen molar-refractivity contribution in [3.05, 3.63) is 59.2 Å². The predicted molar refractivity (Wildman–Crippen MR) is 164 cm³/mol. The highest BCUT2D eigenvalue weighted by molar-refractivity contribution is 7.89. The van der Waals surface area contributed by atoms with Gasteiger partial charge in [0.05, 0.1) is 37.6 Å². The third-order valence-electron chi connectivity index (χ3n) is 7.95. The Morgan fingerprint density at radius 3 is 2.53 bits per heavy atom. The molecule has 234 valence electrons. The summed E-state index contributed by atoms with van der Waals surface area (Å²) in [6.45, 7) is 5.36. The minimum Gasteiger partial charge on any atom is -0.491 e. The van der Waals surface area contributed by atoms with Crippen molar-refractivity contribution in [3.8, 4) is 16.2 Å². The summed E-state index contributed by atoms with van der Waals surface area (Å²) in [6, 6.07) is 13.2. The van der Waals surface area contributed by atoms with Crippen molar-refractivity contribution in [2.45, 2.75) is 60.6 Å². The van der Waals surface area contributed by atoms with Gasteiger partial charge in [0, 0.05) is 31.7 Å². The summed E-state index contributed by atoms with van der Waals surface area (Å²) in [5, 5.41) is 14.7. The lowest BCUT2D eigenvalue weighted by atomic mass is 9.88. The summed E-state index contributed by atoms with van der Waals surface area (Å²) in [6.07, 6.45) is 1.09. The number of nitrogens with zero attached hydrogens (tertiary/aromatic N) is 2. The lowest BCUT2D eigenvalue weighted by Crippen LogP contribution is -2.47. The van der Waals surface area contributed by atoms with Crippen LogP contribution in [0.1, 0.15) is 30.0 Å². The van der Waals surface area contributed by atoms with E-state index >= 15 is 0 Å². The summed E-state index contributed by atoms with van der Waals surface area (Å²) < 4.78 is 66.7. The SMILES string of the molecule is CNS(=O)(=O)c1cccc(OCC(O)CNC2COC3(CCN(S(=O)(=O)c4cccc(-c5sc(C)nc5C)c4)CC3)C2)c1. The Bertz CT molecular complexity index is 1650. The van der Waals surface area contributed by atoms with Gasteiger partial charge in [0.25, 0.3) is 0 Å². The van der Waals surface area contributed by atoms with E-state index in [0.29, 0.717) is 38.3 Å². The van der Waals surface area contributed by atoms with Gasteiger partial charge in [-0.15, -0.1) is 11.3 Å². The molecule has 43 heavy (non-hydrogen) atoms. The number of thiazole rings is 1. The van der Waals surface area contributed by atoms with Crippen LogP contribution in [0.3, 0.4) is 0 Å². The van der Waals surface area contributed by atoms with Gasteiger partial charge in [0.1, 0.15) is 18.5 Å². The molecular weight excluding hydrogens is 613 g/mol. The smallest absolute Gasteiger partial charge is 0.243 e. The molecule has 14 heteroatoms. The number of aliphatic hydroxyl groups is 1. The lowest BCUT2D eigenvalue weighted by Gasteiger charge is -2.38. The average molecular weight is 651 g/mol. The van der Waals surface area contributed by atoms with Crippen molar-refractivity contribution < 1.29 is 31.4 Å². The number of piperidine rings is 1. The van der Waals surface area contributed by atoms with Crippen LogP contribution >= 0.6 is 11.3 Å². The van der Waals surface area contributed by atoms with Crippen LogP contribution in [0, 0.1) is 13.8 Å². The van der Waals surface area contributed by atoms with E-state index in [-0.39, 0.29) is 29.0 Å². The van der Waals surface area contributed by atoms with Crippen molar-refractivity contribution in [2.24, 2.45) is 0 Å². The molecule has 3 heterocycles. The molecule has 0 amide bonds. The van der Waals surface area contributed by atoms with E-state index in [9.17, 15) is 21.9 Å². The van der Waals surface area contributed by atoms with Gasteiger partial charge in [0.15, 0.2) is 0 Å². The topological polar surface area (TPSA) is 147 Å². The van der Waals surface area contributed by atoms with Crippen LogP contribution in [0.2, 0.25) is 0 Å². The van der Waals surface area contributed by atoms with E-state index < -0.39 is 31.8 Å². The molecule has 0 bridgehead atoms. The largest absolute Gasteiger partial charge is 0.491 e. The third kappa shape index (κ3) is 7.28. The summed E-state index contributed by atoms with van der Waals surface area (Å²) in [5.74, 6) is 0.348. The van der Waals surface area contributed by atoms with E-state index in [1.165, 1.54) is 19.2 Å². The second-order valence-corrected chi connectivity index (χ2v) is 16.1. The van der Waals surface area contributed by atoms with Crippen LogP contribution < -0.4 is 14.8 Å². The van der Waals surface area contributed by atoms with Crippen LogP contribution in [0.25, 0.3) is 10.4 Å². The maximum Gasteiger partial charge on any atom is 0.243 e. The number of sulfonamides is 2. The standard InChI is InChI=1S/C29H38N4O7S3/c1-20-28(41-21(2)32-20)22-6-4-9-27(14-22)43(37,38)33-12-10-29(11-13-33)16-23(18-40-29)31-17-24(34)19-39-25-7-5-8-26(15-25)42(35,36)30-3/h4-9,14-15,23-24,30-31,34H,10-13,16-19H2,1-3H3. The number of hydrogen-bond donors (Lipinski definition) is 3. The normalized spacial score (nSPS) is 20.0. The molecule has 0 aliphatic carbocycles. The molecule has 2 aliphatic rings. The first-order valence-corrected chi connectivity index (χ1v) is 17.9. The first-order valence-electron chi connectivity index (χ1n) is 14.2. The van der Waals surface area contributed by atoms with Gasteiger partial charge >= 0.3 is 0 Å². The predicted octanol–water partition coefficient (Wildman–Crippen LogP) is 2.68. The number of aromatic nitrogens is 1. The molecule has 11 nitrogen and oxygen atoms in total. The highest BCUT2D eigenvalue weighted by atomic mass is 32.2. The molecular formula is C29H38N4O7S3. The summed E-state index contributed by atoms with van der Waals surface area (Å²) in [5.41, 5.74) is 1.35. The number of nitrogens with one attached hydrogen (secondary N) is 2. The number of hydrogen-bond acceptors (Lipinski definition) is 10. The highest BCUT2D eigenvalue weighted by Gasteiger charge is 2.44. The molecule has 0 radical (unpaired) electrons. The number of ether oxygens (including phenoxy) is 2. The van der Waals surface area contributed by atoms with Crippen molar-refractivity contribution in [1.82, 2.24) is 19.3 Å². The molecule has 2 saturated heterocycles. The zero-order valence-electron chi connectivity index (χ0n) is 24.4. The summed E-state index contributed by atoms with van der Waals surface area (Å²) >= 11 is 1.56. The quantitative estimate of drug-likeness (QED) is 0.285. The van der Waals surface area contributed by atoms with Gasteiger partial charge in [-0.05, 0) is 70.0 Å². The molecule has 5 rings (SSSR count). The maximum absolute atomic E-state index is 13.5. The van der Waals surface area contributed by atoms with E-state index in [4.69, 9.17) is 9.47 Å². The number of aryl methyl sites for hydroxylation is 2. The molecule has 0 saturated carbocycles. The Morgan fingerprint density at radius 1 is 1.12 bits per heavy atom. The molecule has 3 N–H and O–H groups in total. The van der Waals surface area contributed by atoms with Gasteiger partial charge in [-0.1, -0.05) is 18.2 Å². The minimum atomic E-state index is -3.66. The molecule has 1 aromatic heterocycles. The first-order chi connectivity index (χ1) is 20.4. The first kappa shape index (κ1) is 32.0. The molecule has 3 aromatic rings. The third-order valence-corrected chi connectivity index (χ3v) is 12.4. The molecule has 2 aliphatic heterocycles. The lowest BCUT2D eigenvalue weighted by molar-refractivity contribution is -0.0312. The van der Waals surface area contributed by atoms with Crippen molar-refractivity contribution in [3.63, 3.8) is 0 Å². The Labute approximate surface area is 257 Å². The van der Waals surface area contributed by atoms with Crippen LogP contribution in [0.4, 0.5) is 0 Å². The summed E-state index contributed by atoms with van der Waals surface area (Å²) in [4.78, 5) is 5.82. The second kappa shape index (κ2) is 12.9. The van der Waals surface area contributed by atoms with Gasteiger partial charge in [0.2, 0.25) is 20.0 Å². The van der Waals surface area contributed by atoms with Gasteiger partial charge in [-0.3, -0.25) is 0 Å². The van der Waals surface area contributed by atoms with Gasteiger partial charge in [-0.25, -0.2) is 26.5 Å². The van der Waals surface area contributed by atoms with Crippen LogP contribution in [-0.4, -0.2) is 88.9 Å². The molecule has 2 atom stereocenters. The number of aliphatic hydroxyl groups excluding tert-OH is 1. The monoisotopic (exact) mass is 650 g/mol. The maximum atomic E-state index is 13.5. The fourth-order valence-corrected chi connectivity index (χ4v) is 8.78. The molecule has 2 unspecified atom stereocenters. The van der Waals surface area contributed by atoms with E-state index in [1.807, 2.05) is 19.9 Å². The molecule has 1 spiro atoms. The van der Waals surface area contributed by atoms with Crippen LogP contribution in [0.15, 0.2) is 58.3 Å². The van der Waals surface area contributed by atoms with Gasteiger partial charge < -0.3 is 19.9 Å². The molecule has 2 aromatic carbocycles. The second-order valence-electron chi connectivity index (χ2n) is 11.0. The average Bonchev–Trinajstić information content (AvgIpc) is 3.56. The Kier molecular flexibility index (Phi) is 9.59. The van der Waals surface area contributed by atoms with E-state index in [2.05, 4.69) is 15.0 Å². The van der Waals surface area contributed by atoms with Crippen LogP contribution in [-0.2, 0) is 24.8 Å². The zero-order valence-corrected chi connectivity index (χ0v) is 26.9. The zero-order chi connectivity index (χ0) is 30.8. The fourth-order valence-electron chi connectivity index (χ4n) is 5.61. The molecule has 2 fully saturated rings. The van der Waals surface area contributed by atoms with Crippen molar-refractivity contribution >= 4 is 31.4 Å². The fraction of sp³-hybridized carbons (Fsp3) is 0.483. The van der Waals surface area contributed by atoms with Crippen molar-refractivity contribution in [1.29, 1.82) is 0 Å². The van der Waals surface area contributed by atoms with E-state index in [0.717, 1.165) is 27.6 Å². The van der Waals surface area contributed by atoms with E-state index in [1.54, 1.807) is 46.0 Å². The highest BCUT2D eigenvalue weighted by Crippen LogP contribution is 2.38. The van der Waals surface area contributed by atoms with Crippen molar-refractivity contribution in [2.75, 3.05) is 39.9 Å². The number of benzene rings is 2. The Balaban J connectivity index is 1.11.